The average Bonchev–Trinajstić information content (AvgIpc) is 3.14. The molecule has 0 fully saturated rings. The molecule has 0 bridgehead atoms. The Kier molecular flexibility index (Phi) is 42.5. The molecule has 0 radical (unpaired) electrons. The minimum atomic E-state index is -0.120. The molecule has 0 aromatic rings. The van der Waals surface area contributed by atoms with Gasteiger partial charge in [0.2, 0.25) is 0 Å². The lowest BCUT2D eigenvalue weighted by Gasteiger charge is -2.13. The van der Waals surface area contributed by atoms with Crippen molar-refractivity contribution < 1.29 is 66.4 Å². The number of rotatable bonds is 44. The third-order valence-corrected chi connectivity index (χ3v) is 7.40. The molecule has 306 valence electrons. The highest BCUT2D eigenvalue weighted by Crippen LogP contribution is 2.14. The van der Waals surface area contributed by atoms with Crippen LogP contribution in [0.1, 0.15) is 59.8 Å². The van der Waals surface area contributed by atoms with Gasteiger partial charge in [0.05, 0.1) is 158 Å². The minimum Gasteiger partial charge on any atom is -0.463 e. The fraction of sp³-hybridized carbons (Fsp3) is 0.973. The van der Waals surface area contributed by atoms with Crippen molar-refractivity contribution in [1.29, 1.82) is 0 Å². The second-order valence-electron chi connectivity index (χ2n) is 11.7. The lowest BCUT2D eigenvalue weighted by atomic mass is 10.00. The molecule has 0 aliphatic heterocycles. The zero-order valence-corrected chi connectivity index (χ0v) is 32.6. The Balaban J connectivity index is 3.14. The monoisotopic (exact) mass is 743 g/mol. The summed E-state index contributed by atoms with van der Waals surface area (Å²) in [7, 11) is 0. The van der Waals surface area contributed by atoms with E-state index in [4.69, 9.17) is 61.6 Å². The van der Waals surface area contributed by atoms with Crippen LogP contribution in [0.5, 0.6) is 0 Å². The van der Waals surface area contributed by atoms with Gasteiger partial charge in [-0.05, 0) is 18.8 Å². The molecule has 0 heterocycles. The molecule has 0 aromatic heterocycles. The third-order valence-electron chi connectivity index (χ3n) is 7.40. The van der Waals surface area contributed by atoms with Crippen LogP contribution in [-0.2, 0) is 66.4 Å². The van der Waals surface area contributed by atoms with Crippen LogP contribution in [-0.4, -0.2) is 171 Å². The van der Waals surface area contributed by atoms with Gasteiger partial charge in [-0.2, -0.15) is 0 Å². The van der Waals surface area contributed by atoms with Crippen LogP contribution in [0.25, 0.3) is 0 Å². The first-order valence-corrected chi connectivity index (χ1v) is 19.2. The number of ether oxygens (including phenoxy) is 13. The van der Waals surface area contributed by atoms with Crippen molar-refractivity contribution in [2.45, 2.75) is 59.8 Å². The van der Waals surface area contributed by atoms with Crippen LogP contribution in [0.15, 0.2) is 0 Å². The zero-order chi connectivity index (χ0) is 37.1. The lowest BCUT2D eigenvalue weighted by molar-refractivity contribution is -0.150. The van der Waals surface area contributed by atoms with Gasteiger partial charge in [0.15, 0.2) is 0 Å². The van der Waals surface area contributed by atoms with Gasteiger partial charge in [0, 0.05) is 6.61 Å². The quantitative estimate of drug-likeness (QED) is 0.0657. The molecule has 14 heteroatoms. The highest BCUT2D eigenvalue weighted by molar-refractivity contribution is 5.72. The first-order chi connectivity index (χ1) is 25.2. The van der Waals surface area contributed by atoms with Crippen LogP contribution in [0, 0.1) is 11.8 Å². The molecule has 2 unspecified atom stereocenters. The number of hydrogen-bond acceptors (Lipinski definition) is 14. The van der Waals surface area contributed by atoms with Gasteiger partial charge < -0.3 is 61.6 Å². The van der Waals surface area contributed by atoms with Crippen molar-refractivity contribution in [1.82, 2.24) is 0 Å². The zero-order valence-electron chi connectivity index (χ0n) is 32.6. The molecule has 0 aliphatic rings. The Morgan fingerprint density at radius 1 is 0.392 bits per heavy atom. The Morgan fingerprint density at radius 2 is 0.667 bits per heavy atom. The minimum absolute atomic E-state index is 0.00427. The van der Waals surface area contributed by atoms with Crippen LogP contribution in [0.2, 0.25) is 0 Å². The maximum Gasteiger partial charge on any atom is 0.308 e. The molecule has 0 aromatic carbocycles. The predicted octanol–water partition coefficient (Wildman–Crippen LogP) is 3.99. The summed E-state index contributed by atoms with van der Waals surface area (Å²) in [6.45, 7) is 21.2. The summed E-state index contributed by atoms with van der Waals surface area (Å²) >= 11 is 0. The number of carbonyl (C=O) groups is 1. The van der Waals surface area contributed by atoms with Gasteiger partial charge in [-0.1, -0.05) is 47.0 Å². The van der Waals surface area contributed by atoms with Crippen molar-refractivity contribution in [2.75, 3.05) is 165 Å². The van der Waals surface area contributed by atoms with Crippen LogP contribution < -0.4 is 0 Å². The van der Waals surface area contributed by atoms with E-state index in [1.807, 2.05) is 6.92 Å². The van der Waals surface area contributed by atoms with E-state index in [1.54, 1.807) is 0 Å². The van der Waals surface area contributed by atoms with Gasteiger partial charge in [0.1, 0.15) is 6.61 Å². The molecule has 0 amide bonds. The smallest absolute Gasteiger partial charge is 0.308 e. The molecular weight excluding hydrogens is 668 g/mol. The SMILES string of the molecule is CCCCC(CC)C(=O)OCCOCCOCCOCCOCCOCCOCCOCCOCCOCCOCCOCCOCC(C)CC. The maximum absolute atomic E-state index is 12.0. The van der Waals surface area contributed by atoms with E-state index in [1.165, 1.54) is 0 Å². The van der Waals surface area contributed by atoms with Crippen LogP contribution >= 0.6 is 0 Å². The van der Waals surface area contributed by atoms with E-state index in [9.17, 15) is 4.79 Å². The number of unbranched alkanes of at least 4 members (excludes halogenated alkanes) is 1. The Bertz CT molecular complexity index is 675. The highest BCUT2D eigenvalue weighted by Gasteiger charge is 2.17. The Labute approximate surface area is 309 Å². The summed E-state index contributed by atoms with van der Waals surface area (Å²) in [5.41, 5.74) is 0. The van der Waals surface area contributed by atoms with Crippen molar-refractivity contribution in [3.63, 3.8) is 0 Å². The second-order valence-corrected chi connectivity index (χ2v) is 11.7. The molecule has 14 nitrogen and oxygen atoms in total. The highest BCUT2D eigenvalue weighted by atomic mass is 16.6. The average molecular weight is 743 g/mol. The summed E-state index contributed by atoms with van der Waals surface area (Å²) in [6, 6.07) is 0. The van der Waals surface area contributed by atoms with Gasteiger partial charge in [-0.25, -0.2) is 0 Å². The summed E-state index contributed by atoms with van der Waals surface area (Å²) in [4.78, 5) is 12.0. The summed E-state index contributed by atoms with van der Waals surface area (Å²) < 4.78 is 71.1. The molecule has 0 aliphatic carbocycles. The van der Waals surface area contributed by atoms with Crippen molar-refractivity contribution >= 4 is 5.97 Å². The van der Waals surface area contributed by atoms with E-state index in [2.05, 4.69) is 20.8 Å². The molecule has 0 spiro atoms. The molecule has 0 rings (SSSR count). The fourth-order valence-electron chi connectivity index (χ4n) is 4.08. The maximum atomic E-state index is 12.0. The number of hydrogen-bond donors (Lipinski definition) is 0. The molecule has 2 atom stereocenters. The standard InChI is InChI=1S/C37H74O14/c1-5-8-9-36(7-3)37(38)51-33-32-49-29-28-47-25-24-45-21-20-43-17-16-41-13-12-39-10-11-40-14-15-42-18-19-44-22-23-46-26-27-48-30-31-50-34-35(4)6-2/h35-36H,5-34H2,1-4H3. The number of esters is 1. The first-order valence-electron chi connectivity index (χ1n) is 19.2. The lowest BCUT2D eigenvalue weighted by Crippen LogP contribution is -2.20. The fourth-order valence-corrected chi connectivity index (χ4v) is 4.08. The second kappa shape index (κ2) is 43.4. The normalized spacial score (nSPS) is 12.8. The van der Waals surface area contributed by atoms with E-state index >= 15 is 0 Å². The predicted molar refractivity (Wildman–Crippen MR) is 194 cm³/mol. The van der Waals surface area contributed by atoms with Gasteiger partial charge >= 0.3 is 5.97 Å². The van der Waals surface area contributed by atoms with E-state index < -0.39 is 0 Å². The topological polar surface area (TPSA) is 137 Å². The molecular formula is C37H74O14. The van der Waals surface area contributed by atoms with Crippen molar-refractivity contribution in [3.05, 3.63) is 0 Å². The molecule has 0 saturated carbocycles. The molecule has 0 N–H and O–H groups in total. The number of carbonyl (C=O) groups excluding carboxylic acids is 1. The van der Waals surface area contributed by atoms with E-state index in [-0.39, 0.29) is 18.5 Å². The first kappa shape index (κ1) is 50.0. The van der Waals surface area contributed by atoms with Gasteiger partial charge in [-0.3, -0.25) is 4.79 Å². The molecule has 0 saturated heterocycles. The van der Waals surface area contributed by atoms with Crippen LogP contribution in [0.4, 0.5) is 0 Å². The van der Waals surface area contributed by atoms with Gasteiger partial charge in [-0.15, -0.1) is 0 Å². The Morgan fingerprint density at radius 3 is 0.922 bits per heavy atom. The van der Waals surface area contributed by atoms with E-state index in [0.29, 0.717) is 158 Å². The summed E-state index contributed by atoms with van der Waals surface area (Å²) in [5.74, 6) is 0.470. The largest absolute Gasteiger partial charge is 0.463 e. The molecule has 51 heavy (non-hydrogen) atoms. The van der Waals surface area contributed by atoms with Crippen molar-refractivity contribution in [3.8, 4) is 0 Å². The summed E-state index contributed by atoms with van der Waals surface area (Å²) in [6.07, 6.45) is 4.96. The van der Waals surface area contributed by atoms with Crippen LogP contribution in [0.3, 0.4) is 0 Å². The van der Waals surface area contributed by atoms with Gasteiger partial charge in [0.25, 0.3) is 0 Å². The van der Waals surface area contributed by atoms with Crippen molar-refractivity contribution in [2.24, 2.45) is 11.8 Å². The summed E-state index contributed by atoms with van der Waals surface area (Å²) in [5, 5.41) is 0. The third kappa shape index (κ3) is 40.0. The van der Waals surface area contributed by atoms with E-state index in [0.717, 1.165) is 38.7 Å². The Hall–Kier alpha value is -1.01.